The Morgan fingerprint density at radius 3 is 1.71 bits per heavy atom. The highest BCUT2D eigenvalue weighted by atomic mass is 35.5. The van der Waals surface area contributed by atoms with E-state index in [1.807, 2.05) is 18.2 Å². The molecule has 1 heteroatoms. The molecule has 0 fully saturated rings. The number of benzene rings is 3. The highest BCUT2D eigenvalue weighted by Gasteiger charge is 2.17. The first-order valence-electron chi connectivity index (χ1n) is 10.0. The Morgan fingerprint density at radius 1 is 0.679 bits per heavy atom. The van der Waals surface area contributed by atoms with Crippen LogP contribution in [-0.2, 0) is 0 Å². The van der Waals surface area contributed by atoms with Gasteiger partial charge in [0.1, 0.15) is 0 Å². The molecule has 0 saturated heterocycles. The van der Waals surface area contributed by atoms with Gasteiger partial charge < -0.3 is 0 Å². The van der Waals surface area contributed by atoms with E-state index in [1.54, 1.807) is 0 Å². The van der Waals surface area contributed by atoms with Gasteiger partial charge in [-0.15, -0.1) is 6.58 Å². The molecule has 0 nitrogen and oxygen atoms in total. The van der Waals surface area contributed by atoms with Crippen molar-refractivity contribution in [1.29, 1.82) is 0 Å². The van der Waals surface area contributed by atoms with Gasteiger partial charge in [0.25, 0.3) is 0 Å². The van der Waals surface area contributed by atoms with Crippen LogP contribution in [0.2, 0.25) is 5.02 Å². The van der Waals surface area contributed by atoms with Crippen LogP contribution in [0.4, 0.5) is 0 Å². The largest absolute Gasteiger partial charge is 0.102 e. The van der Waals surface area contributed by atoms with Crippen molar-refractivity contribution in [3.8, 4) is 0 Å². The Bertz CT molecular complexity index is 963. The molecular formula is C27H25Cl. The molecule has 0 amide bonds. The maximum absolute atomic E-state index is 6.09. The van der Waals surface area contributed by atoms with Crippen molar-refractivity contribution in [2.75, 3.05) is 0 Å². The molecule has 1 unspecified atom stereocenters. The molecule has 28 heavy (non-hydrogen) atoms. The van der Waals surface area contributed by atoms with Gasteiger partial charge in [-0.3, -0.25) is 0 Å². The molecule has 140 valence electrons. The monoisotopic (exact) mass is 384 g/mol. The SMILES string of the molecule is C=CC(c1ccccc1)c1ccc(C2=C(c3ccc(Cl)cc3)CCCC2)cc1. The average Bonchev–Trinajstić information content (AvgIpc) is 2.76. The van der Waals surface area contributed by atoms with Gasteiger partial charge in [-0.1, -0.05) is 84.4 Å². The number of rotatable bonds is 5. The lowest BCUT2D eigenvalue weighted by atomic mass is 9.83. The Morgan fingerprint density at radius 2 is 1.18 bits per heavy atom. The van der Waals surface area contributed by atoms with Crippen molar-refractivity contribution in [3.05, 3.63) is 119 Å². The molecule has 0 saturated carbocycles. The van der Waals surface area contributed by atoms with Crippen LogP contribution >= 0.6 is 11.6 Å². The summed E-state index contributed by atoms with van der Waals surface area (Å²) < 4.78 is 0. The fourth-order valence-corrected chi connectivity index (χ4v) is 4.34. The number of hydrogen-bond donors (Lipinski definition) is 0. The molecule has 4 rings (SSSR count). The number of hydrogen-bond acceptors (Lipinski definition) is 0. The zero-order chi connectivity index (χ0) is 19.3. The molecule has 0 aliphatic heterocycles. The van der Waals surface area contributed by atoms with Crippen molar-refractivity contribution >= 4 is 22.7 Å². The average molecular weight is 385 g/mol. The van der Waals surface area contributed by atoms with Crippen LogP contribution < -0.4 is 0 Å². The molecule has 0 bridgehead atoms. The Balaban J connectivity index is 1.68. The van der Waals surface area contributed by atoms with Crippen molar-refractivity contribution < 1.29 is 0 Å². The maximum Gasteiger partial charge on any atom is 0.0406 e. The zero-order valence-electron chi connectivity index (χ0n) is 16.1. The molecule has 0 N–H and O–H groups in total. The van der Waals surface area contributed by atoms with Crippen molar-refractivity contribution in [2.24, 2.45) is 0 Å². The van der Waals surface area contributed by atoms with Crippen molar-refractivity contribution in [3.63, 3.8) is 0 Å². The Kier molecular flexibility index (Phi) is 5.78. The van der Waals surface area contributed by atoms with Gasteiger partial charge in [-0.05, 0) is 71.2 Å². The topological polar surface area (TPSA) is 0 Å². The summed E-state index contributed by atoms with van der Waals surface area (Å²) in [6.45, 7) is 4.06. The van der Waals surface area contributed by atoms with E-state index in [9.17, 15) is 0 Å². The predicted octanol–water partition coefficient (Wildman–Crippen LogP) is 8.14. The van der Waals surface area contributed by atoms with E-state index in [2.05, 4.69) is 73.3 Å². The molecule has 1 atom stereocenters. The van der Waals surface area contributed by atoms with Crippen LogP contribution in [0.15, 0.2) is 91.5 Å². The minimum atomic E-state index is 0.228. The second-order valence-electron chi connectivity index (χ2n) is 7.42. The fourth-order valence-electron chi connectivity index (χ4n) is 4.21. The molecule has 1 aliphatic rings. The molecule has 1 aliphatic carbocycles. The van der Waals surface area contributed by atoms with Crippen molar-refractivity contribution in [2.45, 2.75) is 31.6 Å². The predicted molar refractivity (Wildman–Crippen MR) is 122 cm³/mol. The van der Waals surface area contributed by atoms with E-state index in [-0.39, 0.29) is 5.92 Å². The van der Waals surface area contributed by atoms with E-state index < -0.39 is 0 Å². The van der Waals surface area contributed by atoms with E-state index in [4.69, 9.17) is 11.6 Å². The normalized spacial score (nSPS) is 15.3. The van der Waals surface area contributed by atoms with Gasteiger partial charge in [-0.2, -0.15) is 0 Å². The van der Waals surface area contributed by atoms with Crippen LogP contribution in [0.1, 0.15) is 53.9 Å². The number of halogens is 1. The summed E-state index contributed by atoms with van der Waals surface area (Å²) in [5.41, 5.74) is 8.16. The van der Waals surface area contributed by atoms with Gasteiger partial charge in [0.05, 0.1) is 0 Å². The van der Waals surface area contributed by atoms with Crippen LogP contribution in [0, 0.1) is 0 Å². The second-order valence-corrected chi connectivity index (χ2v) is 7.85. The van der Waals surface area contributed by atoms with Crippen LogP contribution in [0.5, 0.6) is 0 Å². The van der Waals surface area contributed by atoms with E-state index >= 15 is 0 Å². The number of allylic oxidation sites excluding steroid dienone is 3. The fraction of sp³-hybridized carbons (Fsp3) is 0.185. The zero-order valence-corrected chi connectivity index (χ0v) is 16.8. The molecule has 0 aromatic heterocycles. The third-order valence-corrected chi connectivity index (χ3v) is 5.93. The van der Waals surface area contributed by atoms with Gasteiger partial charge in [0, 0.05) is 10.9 Å². The highest BCUT2D eigenvalue weighted by Crippen LogP contribution is 2.39. The van der Waals surface area contributed by atoms with Crippen LogP contribution in [0.25, 0.3) is 11.1 Å². The Hall–Kier alpha value is -2.57. The summed E-state index contributed by atoms with van der Waals surface area (Å²) in [6, 6.07) is 28.0. The minimum absolute atomic E-state index is 0.228. The van der Waals surface area contributed by atoms with E-state index in [0.29, 0.717) is 0 Å². The summed E-state index contributed by atoms with van der Waals surface area (Å²) in [5.74, 6) is 0.228. The minimum Gasteiger partial charge on any atom is -0.102 e. The first kappa shape index (κ1) is 18.8. The quantitative estimate of drug-likeness (QED) is 0.389. The third kappa shape index (κ3) is 3.98. The van der Waals surface area contributed by atoms with E-state index in [0.717, 1.165) is 17.9 Å². The molecule has 3 aromatic rings. The third-order valence-electron chi connectivity index (χ3n) is 5.67. The smallest absolute Gasteiger partial charge is 0.0406 e. The summed E-state index contributed by atoms with van der Waals surface area (Å²) in [7, 11) is 0. The van der Waals surface area contributed by atoms with Gasteiger partial charge in [0.15, 0.2) is 0 Å². The lowest BCUT2D eigenvalue weighted by molar-refractivity contribution is 0.753. The summed E-state index contributed by atoms with van der Waals surface area (Å²) in [5, 5.41) is 0.794. The van der Waals surface area contributed by atoms with E-state index in [1.165, 1.54) is 46.2 Å². The highest BCUT2D eigenvalue weighted by molar-refractivity contribution is 6.30. The second kappa shape index (κ2) is 8.63. The van der Waals surface area contributed by atoms with Crippen molar-refractivity contribution in [1.82, 2.24) is 0 Å². The molecule has 3 aromatic carbocycles. The molecule has 0 radical (unpaired) electrons. The van der Waals surface area contributed by atoms with Gasteiger partial charge in [-0.25, -0.2) is 0 Å². The summed E-state index contributed by atoms with van der Waals surface area (Å²) in [4.78, 5) is 0. The van der Waals surface area contributed by atoms with Crippen LogP contribution in [0.3, 0.4) is 0 Å². The standard InChI is InChI=1S/C27H25Cl/c1-2-25(20-8-4-3-5-9-20)21-12-14-22(15-13-21)26-10-6-7-11-27(26)23-16-18-24(28)19-17-23/h2-5,8-9,12-19,25H,1,6-7,10-11H2. The molecular weight excluding hydrogens is 360 g/mol. The van der Waals surface area contributed by atoms with Gasteiger partial charge >= 0.3 is 0 Å². The van der Waals surface area contributed by atoms with Gasteiger partial charge in [0.2, 0.25) is 0 Å². The molecule has 0 spiro atoms. The lowest BCUT2D eigenvalue weighted by Gasteiger charge is -2.22. The van der Waals surface area contributed by atoms with Crippen LogP contribution in [-0.4, -0.2) is 0 Å². The Labute approximate surface area is 173 Å². The first-order valence-corrected chi connectivity index (χ1v) is 10.4. The maximum atomic E-state index is 6.09. The molecule has 0 heterocycles. The lowest BCUT2D eigenvalue weighted by Crippen LogP contribution is -2.01. The first-order chi connectivity index (χ1) is 13.8. The summed E-state index contributed by atoms with van der Waals surface area (Å²) >= 11 is 6.09. The summed E-state index contributed by atoms with van der Waals surface area (Å²) in [6.07, 6.45) is 6.82.